The standard InChI is InChI=1S/C21H18FN3O4S/c1-21(19(27)24-20(28)25-21)11-5-3-6-12(9-11)23-18(26)17-13(10-29-2)16-14(22)7-4-8-15(16)30-17/h3-9H,10H2,1-2H3,(H,23,26)(H2,24,25,27,28). The van der Waals surface area contributed by atoms with E-state index in [1.807, 2.05) is 0 Å². The fourth-order valence-corrected chi connectivity index (χ4v) is 4.59. The number of carbonyl (C=O) groups is 3. The summed E-state index contributed by atoms with van der Waals surface area (Å²) in [5.41, 5.74) is 0.204. The van der Waals surface area contributed by atoms with Crippen LogP contribution in [0.25, 0.3) is 10.1 Å². The highest BCUT2D eigenvalue weighted by Crippen LogP contribution is 2.34. The molecule has 0 radical (unpaired) electrons. The summed E-state index contributed by atoms with van der Waals surface area (Å²) in [4.78, 5) is 37.1. The van der Waals surface area contributed by atoms with Gasteiger partial charge in [-0.05, 0) is 36.8 Å². The third-order valence-corrected chi connectivity index (χ3v) is 6.20. The summed E-state index contributed by atoms with van der Waals surface area (Å²) in [5, 5.41) is 7.97. The minimum atomic E-state index is -1.24. The molecule has 9 heteroatoms. The van der Waals surface area contributed by atoms with E-state index in [9.17, 15) is 18.8 Å². The van der Waals surface area contributed by atoms with Crippen LogP contribution in [0.4, 0.5) is 14.9 Å². The number of rotatable bonds is 5. The third-order valence-electron chi connectivity index (χ3n) is 5.00. The molecule has 1 aliphatic rings. The molecule has 1 aromatic heterocycles. The van der Waals surface area contributed by atoms with Crippen molar-refractivity contribution < 1.29 is 23.5 Å². The number of halogens is 1. The van der Waals surface area contributed by atoms with Crippen molar-refractivity contribution in [3.05, 3.63) is 64.3 Å². The average molecular weight is 427 g/mol. The lowest BCUT2D eigenvalue weighted by Crippen LogP contribution is -2.40. The van der Waals surface area contributed by atoms with Crippen molar-refractivity contribution in [2.24, 2.45) is 0 Å². The fourth-order valence-electron chi connectivity index (χ4n) is 3.48. The molecular formula is C21H18FN3O4S. The van der Waals surface area contributed by atoms with Gasteiger partial charge in [0, 0.05) is 28.4 Å². The molecule has 1 atom stereocenters. The highest BCUT2D eigenvalue weighted by Gasteiger charge is 2.43. The molecule has 2 heterocycles. The number of imide groups is 1. The van der Waals surface area contributed by atoms with E-state index in [0.717, 1.165) is 0 Å². The largest absolute Gasteiger partial charge is 0.380 e. The lowest BCUT2D eigenvalue weighted by molar-refractivity contribution is -0.123. The van der Waals surface area contributed by atoms with Crippen LogP contribution in [0.1, 0.15) is 27.7 Å². The van der Waals surface area contributed by atoms with Crippen LogP contribution in [0, 0.1) is 5.82 Å². The Morgan fingerprint density at radius 1 is 1.23 bits per heavy atom. The predicted octanol–water partition coefficient (Wildman–Crippen LogP) is 3.49. The molecule has 154 valence electrons. The Morgan fingerprint density at radius 2 is 2.00 bits per heavy atom. The van der Waals surface area contributed by atoms with E-state index in [1.54, 1.807) is 43.3 Å². The van der Waals surface area contributed by atoms with Gasteiger partial charge in [0.15, 0.2) is 0 Å². The lowest BCUT2D eigenvalue weighted by Gasteiger charge is -2.21. The molecule has 3 aromatic rings. The molecule has 0 aliphatic carbocycles. The van der Waals surface area contributed by atoms with Gasteiger partial charge in [-0.1, -0.05) is 18.2 Å². The van der Waals surface area contributed by atoms with Crippen molar-refractivity contribution in [1.82, 2.24) is 10.6 Å². The summed E-state index contributed by atoms with van der Waals surface area (Å²) in [7, 11) is 1.48. The second-order valence-electron chi connectivity index (χ2n) is 7.02. The molecular weight excluding hydrogens is 409 g/mol. The molecule has 0 spiro atoms. The van der Waals surface area contributed by atoms with Crippen LogP contribution in [0.3, 0.4) is 0 Å². The molecule has 0 bridgehead atoms. The molecule has 4 rings (SSSR count). The monoisotopic (exact) mass is 427 g/mol. The van der Waals surface area contributed by atoms with Crippen molar-refractivity contribution in [3.8, 4) is 0 Å². The zero-order chi connectivity index (χ0) is 21.5. The van der Waals surface area contributed by atoms with Gasteiger partial charge in [-0.3, -0.25) is 14.9 Å². The van der Waals surface area contributed by atoms with Crippen molar-refractivity contribution in [1.29, 1.82) is 0 Å². The van der Waals surface area contributed by atoms with Crippen LogP contribution in [-0.4, -0.2) is 25.0 Å². The van der Waals surface area contributed by atoms with Gasteiger partial charge in [0.05, 0.1) is 11.5 Å². The minimum absolute atomic E-state index is 0.0913. The smallest absolute Gasteiger partial charge is 0.322 e. The SMILES string of the molecule is COCc1c(C(=O)Nc2cccc(C3(C)NC(=O)NC3=O)c2)sc2cccc(F)c12. The topological polar surface area (TPSA) is 96.5 Å². The number of nitrogens with one attached hydrogen (secondary N) is 3. The van der Waals surface area contributed by atoms with E-state index in [-0.39, 0.29) is 6.61 Å². The summed E-state index contributed by atoms with van der Waals surface area (Å²) < 4.78 is 20.2. The van der Waals surface area contributed by atoms with Crippen molar-refractivity contribution in [2.75, 3.05) is 12.4 Å². The molecule has 7 nitrogen and oxygen atoms in total. The van der Waals surface area contributed by atoms with Crippen molar-refractivity contribution in [3.63, 3.8) is 0 Å². The highest BCUT2D eigenvalue weighted by molar-refractivity contribution is 7.21. The molecule has 1 aliphatic heterocycles. The first-order valence-corrected chi connectivity index (χ1v) is 9.89. The van der Waals surface area contributed by atoms with E-state index in [0.29, 0.717) is 31.8 Å². The third kappa shape index (κ3) is 3.31. The summed E-state index contributed by atoms with van der Waals surface area (Å²) >= 11 is 1.18. The summed E-state index contributed by atoms with van der Waals surface area (Å²) in [6.45, 7) is 1.67. The average Bonchev–Trinajstić information content (AvgIpc) is 3.20. The number of ether oxygens (including phenoxy) is 1. The summed E-state index contributed by atoms with van der Waals surface area (Å²) in [6.07, 6.45) is 0. The molecule has 1 unspecified atom stereocenters. The van der Waals surface area contributed by atoms with E-state index in [4.69, 9.17) is 4.74 Å². The van der Waals surface area contributed by atoms with Gasteiger partial charge < -0.3 is 15.4 Å². The number of hydrogen-bond acceptors (Lipinski definition) is 5. The van der Waals surface area contributed by atoms with Gasteiger partial charge in [0.25, 0.3) is 11.8 Å². The first kappa shape index (κ1) is 20.0. The van der Waals surface area contributed by atoms with Gasteiger partial charge in [-0.2, -0.15) is 0 Å². The fraction of sp³-hybridized carbons (Fsp3) is 0.190. The number of benzene rings is 2. The zero-order valence-electron chi connectivity index (χ0n) is 16.2. The Balaban J connectivity index is 1.67. The number of carbonyl (C=O) groups excluding carboxylic acids is 3. The number of fused-ring (bicyclic) bond motifs is 1. The number of amides is 4. The van der Waals surface area contributed by atoms with E-state index in [2.05, 4.69) is 16.0 Å². The van der Waals surface area contributed by atoms with Crippen molar-refractivity contribution in [2.45, 2.75) is 19.1 Å². The first-order chi connectivity index (χ1) is 14.3. The Bertz CT molecular complexity index is 1190. The maximum absolute atomic E-state index is 14.4. The van der Waals surface area contributed by atoms with Gasteiger partial charge in [0.2, 0.25) is 0 Å². The maximum atomic E-state index is 14.4. The highest BCUT2D eigenvalue weighted by atomic mass is 32.1. The van der Waals surface area contributed by atoms with E-state index in [1.165, 1.54) is 24.5 Å². The zero-order valence-corrected chi connectivity index (χ0v) is 17.0. The van der Waals surface area contributed by atoms with Crippen LogP contribution in [0.15, 0.2) is 42.5 Å². The number of urea groups is 1. The Morgan fingerprint density at radius 3 is 2.70 bits per heavy atom. The number of thiophene rings is 1. The molecule has 3 N–H and O–H groups in total. The Labute approximate surface area is 175 Å². The van der Waals surface area contributed by atoms with Crippen LogP contribution in [0.5, 0.6) is 0 Å². The number of hydrogen-bond donors (Lipinski definition) is 3. The first-order valence-electron chi connectivity index (χ1n) is 9.08. The van der Waals surface area contributed by atoms with E-state index < -0.39 is 29.2 Å². The van der Waals surface area contributed by atoms with Crippen LogP contribution >= 0.6 is 11.3 Å². The van der Waals surface area contributed by atoms with Gasteiger partial charge >= 0.3 is 6.03 Å². The summed E-state index contributed by atoms with van der Waals surface area (Å²) in [6, 6.07) is 10.8. The molecule has 1 saturated heterocycles. The normalized spacial score (nSPS) is 18.4. The van der Waals surface area contributed by atoms with E-state index >= 15 is 0 Å². The quantitative estimate of drug-likeness (QED) is 0.543. The van der Waals surface area contributed by atoms with Crippen LogP contribution < -0.4 is 16.0 Å². The van der Waals surface area contributed by atoms with Crippen LogP contribution in [0.2, 0.25) is 0 Å². The van der Waals surface area contributed by atoms with Gasteiger partial charge in [-0.25, -0.2) is 9.18 Å². The Hall–Kier alpha value is -3.30. The summed E-state index contributed by atoms with van der Waals surface area (Å²) in [5.74, 6) is -1.30. The number of anilines is 1. The van der Waals surface area contributed by atoms with Crippen LogP contribution in [-0.2, 0) is 21.7 Å². The molecule has 4 amide bonds. The van der Waals surface area contributed by atoms with Gasteiger partial charge in [-0.15, -0.1) is 11.3 Å². The van der Waals surface area contributed by atoms with Gasteiger partial charge in [0.1, 0.15) is 11.4 Å². The molecule has 30 heavy (non-hydrogen) atoms. The number of methoxy groups -OCH3 is 1. The lowest BCUT2D eigenvalue weighted by atomic mass is 9.92. The molecule has 2 aromatic carbocycles. The predicted molar refractivity (Wildman–Crippen MR) is 111 cm³/mol. The Kier molecular flexibility index (Phi) is 5.00. The molecule has 1 fully saturated rings. The second-order valence-corrected chi connectivity index (χ2v) is 8.08. The van der Waals surface area contributed by atoms with Crippen molar-refractivity contribution >= 4 is 45.0 Å². The minimum Gasteiger partial charge on any atom is -0.380 e. The molecule has 0 saturated carbocycles. The maximum Gasteiger partial charge on any atom is 0.322 e. The second kappa shape index (κ2) is 7.51.